The van der Waals surface area contributed by atoms with Crippen molar-refractivity contribution in [2.45, 2.75) is 32.2 Å². The standard InChI is InChI=1S/C20H21N3O4S/c1-14-4-7-17(8-5-14)21-19(24)13-22-10-11-23(20(22)25)28(26,27)18-9-6-15(2)16(3)12-18/h4-12H,13H2,1-3H3,(H,21,24). The molecule has 8 heteroatoms. The summed E-state index contributed by atoms with van der Waals surface area (Å²) in [7, 11) is -4.04. The summed E-state index contributed by atoms with van der Waals surface area (Å²) in [6, 6.07) is 11.9. The maximum absolute atomic E-state index is 12.8. The second kappa shape index (κ2) is 7.47. The second-order valence-electron chi connectivity index (χ2n) is 6.67. The fraction of sp³-hybridized carbons (Fsp3) is 0.200. The van der Waals surface area contributed by atoms with E-state index >= 15 is 0 Å². The minimum absolute atomic E-state index is 0.0274. The third-order valence-corrected chi connectivity index (χ3v) is 6.15. The van der Waals surface area contributed by atoms with E-state index in [2.05, 4.69) is 5.32 Å². The Kier molecular flexibility index (Phi) is 5.24. The van der Waals surface area contributed by atoms with Crippen molar-refractivity contribution in [2.24, 2.45) is 0 Å². The van der Waals surface area contributed by atoms with Gasteiger partial charge in [0.2, 0.25) is 5.91 Å². The van der Waals surface area contributed by atoms with Gasteiger partial charge in [0.15, 0.2) is 0 Å². The quantitative estimate of drug-likeness (QED) is 0.714. The third-order valence-electron chi connectivity index (χ3n) is 4.50. The number of aromatic nitrogens is 2. The summed E-state index contributed by atoms with van der Waals surface area (Å²) in [5.74, 6) is -0.424. The Balaban J connectivity index is 1.83. The SMILES string of the molecule is Cc1ccc(NC(=O)Cn2ccn(S(=O)(=O)c3ccc(C)c(C)c3)c2=O)cc1. The van der Waals surface area contributed by atoms with Crippen LogP contribution in [0.5, 0.6) is 0 Å². The van der Waals surface area contributed by atoms with Crippen LogP contribution in [-0.4, -0.2) is 22.9 Å². The average Bonchev–Trinajstić information content (AvgIpc) is 3.00. The zero-order valence-electron chi connectivity index (χ0n) is 15.8. The van der Waals surface area contributed by atoms with Crippen molar-refractivity contribution < 1.29 is 13.2 Å². The first kappa shape index (κ1) is 19.6. The molecule has 3 aromatic rings. The smallest absolute Gasteiger partial charge is 0.325 e. The van der Waals surface area contributed by atoms with Gasteiger partial charge in [0.1, 0.15) is 6.54 Å². The number of hydrogen-bond acceptors (Lipinski definition) is 4. The Morgan fingerprint density at radius 2 is 1.64 bits per heavy atom. The molecule has 0 saturated heterocycles. The number of aryl methyl sites for hydroxylation is 3. The topological polar surface area (TPSA) is 90.2 Å². The van der Waals surface area contributed by atoms with Gasteiger partial charge in [0.05, 0.1) is 4.90 Å². The number of benzene rings is 2. The molecule has 1 aromatic heterocycles. The lowest BCUT2D eigenvalue weighted by atomic mass is 10.1. The molecule has 0 aliphatic heterocycles. The molecule has 146 valence electrons. The number of nitrogens with zero attached hydrogens (tertiary/aromatic N) is 2. The van der Waals surface area contributed by atoms with Crippen molar-refractivity contribution in [1.29, 1.82) is 0 Å². The molecule has 1 amide bonds. The van der Waals surface area contributed by atoms with Gasteiger partial charge in [-0.3, -0.25) is 9.36 Å². The van der Waals surface area contributed by atoms with E-state index < -0.39 is 21.6 Å². The van der Waals surface area contributed by atoms with Crippen molar-refractivity contribution in [1.82, 2.24) is 8.54 Å². The molecule has 1 heterocycles. The van der Waals surface area contributed by atoms with Crippen LogP contribution in [0.2, 0.25) is 0 Å². The fourth-order valence-electron chi connectivity index (χ4n) is 2.68. The van der Waals surface area contributed by atoms with E-state index in [1.165, 1.54) is 18.3 Å². The fourth-order valence-corrected chi connectivity index (χ4v) is 4.00. The number of anilines is 1. The molecule has 1 N–H and O–H groups in total. The molecule has 0 spiro atoms. The van der Waals surface area contributed by atoms with Gasteiger partial charge < -0.3 is 5.32 Å². The predicted molar refractivity (Wildman–Crippen MR) is 107 cm³/mol. The molecule has 0 aliphatic rings. The Bertz CT molecular complexity index is 1190. The van der Waals surface area contributed by atoms with E-state index in [0.29, 0.717) is 9.66 Å². The van der Waals surface area contributed by atoms with Crippen LogP contribution >= 0.6 is 0 Å². The summed E-state index contributed by atoms with van der Waals surface area (Å²) in [6.07, 6.45) is 2.45. The summed E-state index contributed by atoms with van der Waals surface area (Å²) in [6.45, 7) is 5.32. The molecule has 0 fully saturated rings. The highest BCUT2D eigenvalue weighted by Gasteiger charge is 2.21. The Morgan fingerprint density at radius 1 is 0.964 bits per heavy atom. The molecule has 3 rings (SSSR count). The third kappa shape index (κ3) is 3.91. The molecular formula is C20H21N3O4S. The molecule has 0 radical (unpaired) electrons. The molecule has 0 atom stereocenters. The molecular weight excluding hydrogens is 378 g/mol. The van der Waals surface area contributed by atoms with Gasteiger partial charge in [0, 0.05) is 18.1 Å². The molecule has 0 aliphatic carbocycles. The number of carbonyl (C=O) groups excluding carboxylic acids is 1. The zero-order valence-corrected chi connectivity index (χ0v) is 16.7. The van der Waals surface area contributed by atoms with E-state index in [4.69, 9.17) is 0 Å². The van der Waals surface area contributed by atoms with E-state index in [1.54, 1.807) is 25.1 Å². The number of amides is 1. The molecule has 0 unspecified atom stereocenters. The highest BCUT2D eigenvalue weighted by atomic mass is 32.2. The Morgan fingerprint density at radius 3 is 2.29 bits per heavy atom. The van der Waals surface area contributed by atoms with Crippen molar-refractivity contribution in [3.8, 4) is 0 Å². The van der Waals surface area contributed by atoms with Crippen LogP contribution in [0.1, 0.15) is 16.7 Å². The monoisotopic (exact) mass is 399 g/mol. The Labute approximate surface area is 163 Å². The Hall–Kier alpha value is -3.13. The summed E-state index contributed by atoms with van der Waals surface area (Å²) < 4.78 is 27.3. The van der Waals surface area contributed by atoms with Gasteiger partial charge in [-0.25, -0.2) is 13.2 Å². The van der Waals surface area contributed by atoms with Crippen molar-refractivity contribution in [3.05, 3.63) is 82.0 Å². The van der Waals surface area contributed by atoms with Gasteiger partial charge >= 0.3 is 5.69 Å². The first-order valence-corrected chi connectivity index (χ1v) is 10.1. The summed E-state index contributed by atoms with van der Waals surface area (Å²) >= 11 is 0. The normalized spacial score (nSPS) is 11.4. The van der Waals surface area contributed by atoms with Crippen LogP contribution in [0, 0.1) is 20.8 Å². The summed E-state index contributed by atoms with van der Waals surface area (Å²) in [5, 5.41) is 2.68. The van der Waals surface area contributed by atoms with Crippen LogP contribution in [0.4, 0.5) is 5.69 Å². The van der Waals surface area contributed by atoms with Gasteiger partial charge in [-0.1, -0.05) is 23.8 Å². The van der Waals surface area contributed by atoms with Crippen molar-refractivity contribution >= 4 is 21.6 Å². The van der Waals surface area contributed by atoms with Crippen LogP contribution in [0.25, 0.3) is 0 Å². The van der Waals surface area contributed by atoms with Gasteiger partial charge in [-0.2, -0.15) is 3.97 Å². The van der Waals surface area contributed by atoms with Crippen molar-refractivity contribution in [3.63, 3.8) is 0 Å². The maximum atomic E-state index is 12.8. The number of nitrogens with one attached hydrogen (secondary N) is 1. The van der Waals surface area contributed by atoms with Crippen molar-refractivity contribution in [2.75, 3.05) is 5.32 Å². The van der Waals surface area contributed by atoms with Crippen LogP contribution in [0.15, 0.2) is 64.5 Å². The predicted octanol–water partition coefficient (Wildman–Crippen LogP) is 2.45. The number of hydrogen-bond donors (Lipinski definition) is 1. The first-order valence-electron chi connectivity index (χ1n) is 8.65. The minimum atomic E-state index is -4.04. The molecule has 28 heavy (non-hydrogen) atoms. The maximum Gasteiger partial charge on any atom is 0.342 e. The van der Waals surface area contributed by atoms with Gasteiger partial charge in [-0.15, -0.1) is 0 Å². The van der Waals surface area contributed by atoms with Crippen LogP contribution in [0.3, 0.4) is 0 Å². The molecule has 0 bridgehead atoms. The second-order valence-corrected chi connectivity index (χ2v) is 8.48. The first-order chi connectivity index (χ1) is 13.2. The van der Waals surface area contributed by atoms with Crippen LogP contribution < -0.4 is 11.0 Å². The highest BCUT2D eigenvalue weighted by Crippen LogP contribution is 2.16. The van der Waals surface area contributed by atoms with Crippen LogP contribution in [-0.2, 0) is 21.4 Å². The van der Waals surface area contributed by atoms with Gasteiger partial charge in [0.25, 0.3) is 10.0 Å². The van der Waals surface area contributed by atoms with E-state index in [-0.39, 0.29) is 11.4 Å². The largest absolute Gasteiger partial charge is 0.342 e. The summed E-state index contributed by atoms with van der Waals surface area (Å²) in [4.78, 5) is 24.8. The molecule has 7 nitrogen and oxygen atoms in total. The average molecular weight is 399 g/mol. The minimum Gasteiger partial charge on any atom is -0.325 e. The molecule has 0 saturated carbocycles. The van der Waals surface area contributed by atoms with E-state index in [9.17, 15) is 18.0 Å². The lowest BCUT2D eigenvalue weighted by Gasteiger charge is -2.08. The highest BCUT2D eigenvalue weighted by molar-refractivity contribution is 7.90. The number of rotatable bonds is 5. The number of imidazole rings is 1. The lowest BCUT2D eigenvalue weighted by Crippen LogP contribution is -2.32. The lowest BCUT2D eigenvalue weighted by molar-refractivity contribution is -0.116. The molecule has 2 aromatic carbocycles. The van der Waals surface area contributed by atoms with E-state index in [1.807, 2.05) is 26.0 Å². The van der Waals surface area contributed by atoms with E-state index in [0.717, 1.165) is 27.5 Å². The number of carbonyl (C=O) groups is 1. The summed E-state index contributed by atoms with van der Waals surface area (Å²) in [5.41, 5.74) is 2.63. The van der Waals surface area contributed by atoms with Gasteiger partial charge in [-0.05, 0) is 56.2 Å². The zero-order chi connectivity index (χ0) is 20.5.